The van der Waals surface area contributed by atoms with Crippen molar-refractivity contribution in [2.24, 2.45) is 5.11 Å². The summed E-state index contributed by atoms with van der Waals surface area (Å²) in [5, 5.41) is 12.3. The Morgan fingerprint density at radius 2 is 1.77 bits per heavy atom. The number of likely N-dealkylation sites (tertiary alicyclic amines) is 1. The molecule has 1 aliphatic heterocycles. The normalized spacial score (nSPS) is 16.9. The molecular formula is C14H14N4O7S. The molecule has 1 aromatic carbocycles. The maximum atomic E-state index is 12.3. The van der Waals surface area contributed by atoms with Crippen LogP contribution in [0, 0.1) is 0 Å². The van der Waals surface area contributed by atoms with Gasteiger partial charge in [-0.05, 0) is 11.1 Å². The number of carboxylic acid groups (broad SMARTS) is 1. The number of nitrogens with zero attached hydrogens (tertiary/aromatic N) is 4. The van der Waals surface area contributed by atoms with Crippen LogP contribution in [0.3, 0.4) is 0 Å². The number of carboxylic acids is 1. The summed E-state index contributed by atoms with van der Waals surface area (Å²) in [5.41, 5.74) is 8.36. The highest BCUT2D eigenvalue weighted by atomic mass is 32.2. The molecule has 0 saturated carbocycles. The van der Waals surface area contributed by atoms with Crippen LogP contribution in [0.15, 0.2) is 29.4 Å². The quantitative estimate of drug-likeness (QED) is 0.237. The van der Waals surface area contributed by atoms with Crippen LogP contribution in [0.1, 0.15) is 31.2 Å². The topological polar surface area (TPSA) is 178 Å². The molecular weight excluding hydrogens is 368 g/mol. The van der Waals surface area contributed by atoms with Gasteiger partial charge in [0.1, 0.15) is 0 Å². The molecule has 1 atom stereocenters. The first kappa shape index (κ1) is 19.4. The first-order valence-corrected chi connectivity index (χ1v) is 8.78. The smallest absolute Gasteiger partial charge is 0.303 e. The van der Waals surface area contributed by atoms with Crippen molar-refractivity contribution in [2.75, 3.05) is 0 Å². The number of azide groups is 1. The summed E-state index contributed by atoms with van der Waals surface area (Å²) in [4.78, 5) is 35.8. The van der Waals surface area contributed by atoms with Gasteiger partial charge in [0.15, 0.2) is 0 Å². The van der Waals surface area contributed by atoms with Crippen molar-refractivity contribution in [1.29, 1.82) is 0 Å². The van der Waals surface area contributed by atoms with Crippen molar-refractivity contribution in [3.63, 3.8) is 0 Å². The van der Waals surface area contributed by atoms with Crippen LogP contribution in [0.5, 0.6) is 0 Å². The molecule has 26 heavy (non-hydrogen) atoms. The highest BCUT2D eigenvalue weighted by Gasteiger charge is 2.56. The highest BCUT2D eigenvalue weighted by Crippen LogP contribution is 2.42. The predicted molar refractivity (Wildman–Crippen MR) is 86.4 cm³/mol. The van der Waals surface area contributed by atoms with Gasteiger partial charge in [0.25, 0.3) is 10.1 Å². The first-order chi connectivity index (χ1) is 12.1. The number of amides is 2. The SMILES string of the molecule is [N-]=[N+]=Nc1ccc(C(CCC(=O)O)(N2C(=O)CCC2=O)S(=O)(=O)O)cc1. The minimum absolute atomic E-state index is 0.123. The first-order valence-electron chi connectivity index (χ1n) is 7.34. The fourth-order valence-corrected chi connectivity index (χ4v) is 4.10. The van der Waals surface area contributed by atoms with Gasteiger partial charge in [0.05, 0.1) is 0 Å². The maximum absolute atomic E-state index is 12.3. The number of benzene rings is 1. The predicted octanol–water partition coefficient (Wildman–Crippen LogP) is 1.68. The van der Waals surface area contributed by atoms with Crippen LogP contribution in [-0.4, -0.2) is 40.8 Å². The Bertz CT molecular complexity index is 890. The zero-order valence-corrected chi connectivity index (χ0v) is 14.1. The van der Waals surface area contributed by atoms with E-state index in [1.54, 1.807) is 0 Å². The summed E-state index contributed by atoms with van der Waals surface area (Å²) in [7, 11) is -5.13. The lowest BCUT2D eigenvalue weighted by Gasteiger charge is -2.37. The molecule has 1 saturated heterocycles. The van der Waals surface area contributed by atoms with E-state index in [-0.39, 0.29) is 24.1 Å². The largest absolute Gasteiger partial charge is 0.481 e. The Kier molecular flexibility index (Phi) is 5.30. The molecule has 0 aliphatic carbocycles. The monoisotopic (exact) mass is 382 g/mol. The van der Waals surface area contributed by atoms with E-state index in [0.717, 1.165) is 12.1 Å². The van der Waals surface area contributed by atoms with E-state index in [9.17, 15) is 27.4 Å². The lowest BCUT2D eigenvalue weighted by molar-refractivity contribution is -0.145. The van der Waals surface area contributed by atoms with Crippen molar-refractivity contribution in [3.05, 3.63) is 40.3 Å². The number of imide groups is 1. The van der Waals surface area contributed by atoms with Gasteiger partial charge in [0.2, 0.25) is 16.7 Å². The number of carbonyl (C=O) groups excluding carboxylic acids is 2. The molecule has 12 heteroatoms. The average Bonchev–Trinajstić information content (AvgIpc) is 2.88. The molecule has 1 aliphatic rings. The molecule has 2 amide bonds. The molecule has 138 valence electrons. The van der Waals surface area contributed by atoms with E-state index >= 15 is 0 Å². The molecule has 1 heterocycles. The molecule has 1 unspecified atom stereocenters. The number of aliphatic carboxylic acids is 1. The van der Waals surface area contributed by atoms with Gasteiger partial charge < -0.3 is 5.11 Å². The Labute approximate surface area is 147 Å². The van der Waals surface area contributed by atoms with Crippen LogP contribution in [0.4, 0.5) is 5.69 Å². The third kappa shape index (κ3) is 3.38. The van der Waals surface area contributed by atoms with E-state index in [1.165, 1.54) is 12.1 Å². The summed E-state index contributed by atoms with van der Waals surface area (Å²) in [6.07, 6.45) is -1.96. The minimum atomic E-state index is -5.13. The molecule has 1 fully saturated rings. The van der Waals surface area contributed by atoms with Gasteiger partial charge in [-0.25, -0.2) is 0 Å². The van der Waals surface area contributed by atoms with Gasteiger partial charge in [-0.15, -0.1) is 0 Å². The van der Waals surface area contributed by atoms with Crippen LogP contribution in [0.2, 0.25) is 0 Å². The van der Waals surface area contributed by atoms with Crippen LogP contribution in [-0.2, 0) is 29.4 Å². The molecule has 0 bridgehead atoms. The second-order valence-electron chi connectivity index (χ2n) is 5.51. The van der Waals surface area contributed by atoms with Crippen molar-refractivity contribution < 1.29 is 32.5 Å². The Morgan fingerprint density at radius 3 is 2.19 bits per heavy atom. The van der Waals surface area contributed by atoms with Crippen molar-refractivity contribution >= 4 is 33.6 Å². The van der Waals surface area contributed by atoms with Gasteiger partial charge >= 0.3 is 5.97 Å². The summed E-state index contributed by atoms with van der Waals surface area (Å²) in [6, 6.07) is 4.75. The molecule has 0 spiro atoms. The highest BCUT2D eigenvalue weighted by molar-refractivity contribution is 7.86. The molecule has 0 aromatic heterocycles. The molecule has 0 radical (unpaired) electrons. The van der Waals surface area contributed by atoms with Gasteiger partial charge in [-0.2, -0.15) is 8.42 Å². The Hall–Kier alpha value is -2.95. The lowest BCUT2D eigenvalue weighted by Crippen LogP contribution is -2.54. The second-order valence-corrected chi connectivity index (χ2v) is 7.14. The number of carbonyl (C=O) groups is 3. The van der Waals surface area contributed by atoms with Crippen LogP contribution in [0.25, 0.3) is 10.4 Å². The lowest BCUT2D eigenvalue weighted by atomic mass is 9.99. The Balaban J connectivity index is 2.73. The van der Waals surface area contributed by atoms with Gasteiger partial charge in [-0.3, -0.25) is 23.8 Å². The van der Waals surface area contributed by atoms with E-state index in [1.807, 2.05) is 0 Å². The summed E-state index contributed by atoms with van der Waals surface area (Å²) >= 11 is 0. The average molecular weight is 382 g/mol. The van der Waals surface area contributed by atoms with E-state index in [0.29, 0.717) is 4.90 Å². The second kappa shape index (κ2) is 7.12. The fourth-order valence-electron chi connectivity index (χ4n) is 2.87. The Morgan fingerprint density at radius 1 is 1.23 bits per heavy atom. The maximum Gasteiger partial charge on any atom is 0.303 e. The molecule has 2 N–H and O–H groups in total. The minimum Gasteiger partial charge on any atom is -0.481 e. The fraction of sp³-hybridized carbons (Fsp3) is 0.357. The van der Waals surface area contributed by atoms with E-state index in [4.69, 9.17) is 10.6 Å². The molecule has 2 rings (SSSR count). The number of rotatable bonds is 7. The van der Waals surface area contributed by atoms with Crippen LogP contribution < -0.4 is 0 Å². The van der Waals surface area contributed by atoms with E-state index in [2.05, 4.69) is 10.0 Å². The van der Waals surface area contributed by atoms with Crippen LogP contribution >= 0.6 is 0 Å². The number of hydrogen-bond acceptors (Lipinski definition) is 6. The molecule has 11 nitrogen and oxygen atoms in total. The summed E-state index contributed by atoms with van der Waals surface area (Å²) < 4.78 is 34.5. The summed E-state index contributed by atoms with van der Waals surface area (Å²) in [6.45, 7) is 0. The van der Waals surface area contributed by atoms with Gasteiger partial charge in [0, 0.05) is 36.3 Å². The zero-order valence-electron chi connectivity index (χ0n) is 13.3. The number of hydrogen-bond donors (Lipinski definition) is 2. The van der Waals surface area contributed by atoms with Gasteiger partial charge in [-0.1, -0.05) is 29.4 Å². The third-order valence-electron chi connectivity index (χ3n) is 4.00. The van der Waals surface area contributed by atoms with Crippen molar-refractivity contribution in [1.82, 2.24) is 4.90 Å². The third-order valence-corrected chi connectivity index (χ3v) is 5.47. The zero-order chi connectivity index (χ0) is 19.5. The standard InChI is InChI=1S/C14H14N4O7S/c15-17-16-10-3-1-9(2-4-10)14(26(23,24)25,8-7-13(21)22)18-11(19)5-6-12(18)20/h1-4H,5-8H2,(H,21,22)(H,23,24,25). The van der Waals surface area contributed by atoms with Crippen molar-refractivity contribution in [2.45, 2.75) is 30.6 Å². The summed E-state index contributed by atoms with van der Waals surface area (Å²) in [5.74, 6) is -3.04. The van der Waals surface area contributed by atoms with E-state index < -0.39 is 45.6 Å². The van der Waals surface area contributed by atoms with Crippen molar-refractivity contribution in [3.8, 4) is 0 Å². The molecule has 1 aromatic rings.